The normalized spacial score (nSPS) is 13.8. The molecule has 0 heterocycles. The van der Waals surface area contributed by atoms with E-state index >= 15 is 0 Å². The summed E-state index contributed by atoms with van der Waals surface area (Å²) in [4.78, 5) is 12.2. The van der Waals surface area contributed by atoms with Crippen molar-refractivity contribution in [3.63, 3.8) is 0 Å². The molecule has 1 aromatic rings. The van der Waals surface area contributed by atoms with Crippen LogP contribution in [0, 0.1) is 5.92 Å². The fourth-order valence-electron chi connectivity index (χ4n) is 1.58. The molecule has 3 N–H and O–H groups in total. The summed E-state index contributed by atoms with van der Waals surface area (Å²) in [6.07, 6.45) is 0.447. The van der Waals surface area contributed by atoms with Crippen molar-refractivity contribution in [2.45, 2.75) is 26.3 Å². The van der Waals surface area contributed by atoms with Crippen molar-refractivity contribution in [2.24, 2.45) is 11.7 Å². The first-order valence-electron chi connectivity index (χ1n) is 5.64. The van der Waals surface area contributed by atoms with Crippen LogP contribution < -0.4 is 11.1 Å². The highest BCUT2D eigenvalue weighted by atomic mass is 32.1. The maximum absolute atomic E-state index is 11.8. The van der Waals surface area contributed by atoms with E-state index in [1.165, 1.54) is 0 Å². The van der Waals surface area contributed by atoms with Crippen LogP contribution in [-0.4, -0.2) is 10.9 Å². The molecule has 2 atom stereocenters. The molecule has 1 amide bonds. The Balaban J connectivity index is 2.54. The summed E-state index contributed by atoms with van der Waals surface area (Å²) in [5.41, 5.74) is 6.51. The number of hydrogen-bond donors (Lipinski definition) is 2. The van der Waals surface area contributed by atoms with Crippen molar-refractivity contribution in [1.82, 2.24) is 5.32 Å². The van der Waals surface area contributed by atoms with E-state index in [4.69, 9.17) is 18.0 Å². The second-order valence-electron chi connectivity index (χ2n) is 4.21. The van der Waals surface area contributed by atoms with Gasteiger partial charge in [-0.05, 0) is 12.5 Å². The maximum Gasteiger partial charge on any atom is 0.223 e. The van der Waals surface area contributed by atoms with Gasteiger partial charge in [0.15, 0.2) is 0 Å². The van der Waals surface area contributed by atoms with Crippen molar-refractivity contribution in [3.05, 3.63) is 35.9 Å². The van der Waals surface area contributed by atoms with Gasteiger partial charge >= 0.3 is 0 Å². The van der Waals surface area contributed by atoms with E-state index in [0.717, 1.165) is 5.56 Å². The third kappa shape index (κ3) is 4.53. The fraction of sp³-hybridized carbons (Fsp3) is 0.385. The zero-order valence-electron chi connectivity index (χ0n) is 10.1. The summed E-state index contributed by atoms with van der Waals surface area (Å²) in [5, 5.41) is 2.95. The summed E-state index contributed by atoms with van der Waals surface area (Å²) in [6, 6.07) is 9.84. The van der Waals surface area contributed by atoms with Gasteiger partial charge in [0.25, 0.3) is 0 Å². The van der Waals surface area contributed by atoms with Gasteiger partial charge in [-0.1, -0.05) is 49.5 Å². The lowest BCUT2D eigenvalue weighted by atomic mass is 10.0. The van der Waals surface area contributed by atoms with Gasteiger partial charge in [-0.3, -0.25) is 4.79 Å². The van der Waals surface area contributed by atoms with Crippen molar-refractivity contribution in [2.75, 3.05) is 0 Å². The average Bonchev–Trinajstić information content (AvgIpc) is 2.29. The fourth-order valence-corrected chi connectivity index (χ4v) is 1.83. The third-order valence-corrected chi connectivity index (χ3v) is 2.78. The van der Waals surface area contributed by atoms with Gasteiger partial charge in [0.05, 0.1) is 11.0 Å². The molecule has 0 aliphatic rings. The van der Waals surface area contributed by atoms with Crippen molar-refractivity contribution < 1.29 is 4.79 Å². The smallest absolute Gasteiger partial charge is 0.223 e. The Kier molecular flexibility index (Phi) is 5.10. The van der Waals surface area contributed by atoms with Gasteiger partial charge in [-0.25, -0.2) is 0 Å². The minimum atomic E-state index is -0.182. The molecule has 0 bridgehead atoms. The minimum Gasteiger partial charge on any atom is -0.393 e. The van der Waals surface area contributed by atoms with Crippen LogP contribution in [0.3, 0.4) is 0 Å². The zero-order chi connectivity index (χ0) is 12.8. The molecular weight excluding hydrogens is 232 g/mol. The molecule has 3 nitrogen and oxygen atoms in total. The monoisotopic (exact) mass is 250 g/mol. The standard InChI is InChI=1S/C13H18N2OS/c1-9(8-12(14)17)13(16)15-10(2)11-6-4-3-5-7-11/h3-7,9-10H,8H2,1-2H3,(H2,14,17)(H,15,16). The van der Waals surface area contributed by atoms with Gasteiger partial charge in [-0.15, -0.1) is 0 Å². The van der Waals surface area contributed by atoms with Crippen molar-refractivity contribution in [1.29, 1.82) is 0 Å². The predicted octanol–water partition coefficient (Wildman–Crippen LogP) is 2.18. The lowest BCUT2D eigenvalue weighted by molar-refractivity contribution is -0.124. The molecule has 2 unspecified atom stereocenters. The van der Waals surface area contributed by atoms with Crippen LogP contribution in [0.2, 0.25) is 0 Å². The molecule has 0 radical (unpaired) electrons. The summed E-state index contributed by atoms with van der Waals surface area (Å²) in [7, 11) is 0. The number of thiocarbonyl (C=S) groups is 1. The summed E-state index contributed by atoms with van der Waals surface area (Å²) >= 11 is 4.80. The first-order valence-corrected chi connectivity index (χ1v) is 6.05. The van der Waals surface area contributed by atoms with Gasteiger partial charge in [0.2, 0.25) is 5.91 Å². The van der Waals surface area contributed by atoms with Crippen LogP contribution in [0.1, 0.15) is 31.9 Å². The molecule has 0 aromatic heterocycles. The second-order valence-corrected chi connectivity index (χ2v) is 4.74. The van der Waals surface area contributed by atoms with Gasteiger partial charge in [-0.2, -0.15) is 0 Å². The van der Waals surface area contributed by atoms with Gasteiger partial charge in [0, 0.05) is 12.3 Å². The maximum atomic E-state index is 11.8. The number of rotatable bonds is 5. The van der Waals surface area contributed by atoms with E-state index in [9.17, 15) is 4.79 Å². The van der Waals surface area contributed by atoms with Gasteiger partial charge < -0.3 is 11.1 Å². The molecule has 92 valence electrons. The molecule has 17 heavy (non-hydrogen) atoms. The zero-order valence-corrected chi connectivity index (χ0v) is 11.0. The van der Waals surface area contributed by atoms with E-state index in [0.29, 0.717) is 11.4 Å². The van der Waals surface area contributed by atoms with Crippen LogP contribution in [0.25, 0.3) is 0 Å². The molecule has 0 saturated heterocycles. The highest BCUT2D eigenvalue weighted by molar-refractivity contribution is 7.80. The van der Waals surface area contributed by atoms with E-state index in [2.05, 4.69) is 5.32 Å². The summed E-state index contributed by atoms with van der Waals surface area (Å²) in [5.74, 6) is -0.201. The molecule has 1 rings (SSSR count). The molecular formula is C13H18N2OS. The number of carbonyl (C=O) groups excluding carboxylic acids is 1. The summed E-state index contributed by atoms with van der Waals surface area (Å²) < 4.78 is 0. The Morgan fingerprint density at radius 3 is 2.47 bits per heavy atom. The first kappa shape index (κ1) is 13.6. The number of nitrogens with one attached hydrogen (secondary N) is 1. The largest absolute Gasteiger partial charge is 0.393 e. The van der Waals surface area contributed by atoms with Crippen LogP contribution in [0.15, 0.2) is 30.3 Å². The van der Waals surface area contributed by atoms with Gasteiger partial charge in [0.1, 0.15) is 0 Å². The Morgan fingerprint density at radius 2 is 1.94 bits per heavy atom. The summed E-state index contributed by atoms with van der Waals surface area (Å²) in [6.45, 7) is 3.78. The van der Waals surface area contributed by atoms with Crippen molar-refractivity contribution >= 4 is 23.1 Å². The molecule has 0 saturated carbocycles. The lowest BCUT2D eigenvalue weighted by Crippen LogP contribution is -2.33. The first-order chi connectivity index (χ1) is 8.00. The average molecular weight is 250 g/mol. The second kappa shape index (κ2) is 6.35. The Labute approximate surface area is 107 Å². The SMILES string of the molecule is CC(CC(N)=S)C(=O)NC(C)c1ccccc1. The predicted molar refractivity (Wildman–Crippen MR) is 73.6 cm³/mol. The van der Waals surface area contributed by atoms with E-state index < -0.39 is 0 Å². The van der Waals surface area contributed by atoms with Crippen LogP contribution >= 0.6 is 12.2 Å². The minimum absolute atomic E-state index is 0.00232. The third-order valence-electron chi connectivity index (χ3n) is 2.61. The molecule has 0 spiro atoms. The van der Waals surface area contributed by atoms with E-state index in [-0.39, 0.29) is 17.9 Å². The quantitative estimate of drug-likeness (QED) is 0.788. The number of nitrogens with two attached hydrogens (primary N) is 1. The lowest BCUT2D eigenvalue weighted by Gasteiger charge is -2.17. The van der Waals surface area contributed by atoms with Crippen molar-refractivity contribution in [3.8, 4) is 0 Å². The molecule has 0 aliphatic carbocycles. The highest BCUT2D eigenvalue weighted by Crippen LogP contribution is 2.12. The topological polar surface area (TPSA) is 55.1 Å². The van der Waals surface area contributed by atoms with Crippen LogP contribution in [0.4, 0.5) is 0 Å². The van der Waals surface area contributed by atoms with E-state index in [1.54, 1.807) is 0 Å². The van der Waals surface area contributed by atoms with Crippen LogP contribution in [0.5, 0.6) is 0 Å². The number of benzene rings is 1. The molecule has 0 aliphatic heterocycles. The molecule has 1 aromatic carbocycles. The number of amides is 1. The Bertz CT molecular complexity index is 392. The highest BCUT2D eigenvalue weighted by Gasteiger charge is 2.16. The Hall–Kier alpha value is -1.42. The number of carbonyl (C=O) groups is 1. The Morgan fingerprint density at radius 1 is 1.35 bits per heavy atom. The number of hydrogen-bond acceptors (Lipinski definition) is 2. The molecule has 4 heteroatoms. The van der Waals surface area contributed by atoms with E-state index in [1.807, 2.05) is 44.2 Å². The molecule has 0 fully saturated rings. The van der Waals surface area contributed by atoms with Crippen LogP contribution in [-0.2, 0) is 4.79 Å².